The summed E-state index contributed by atoms with van der Waals surface area (Å²) in [5, 5.41) is 0. The van der Waals surface area contributed by atoms with Crippen LogP contribution < -0.4 is 0 Å². The van der Waals surface area contributed by atoms with Gasteiger partial charge in [-0.25, -0.2) is 0 Å². The van der Waals surface area contributed by atoms with Gasteiger partial charge in [0.05, 0.1) is 0 Å². The summed E-state index contributed by atoms with van der Waals surface area (Å²) in [6.07, 6.45) is 54.9. The van der Waals surface area contributed by atoms with Crippen LogP contribution in [-0.2, 0) is 28.6 Å². The number of unbranched alkanes of at least 4 members (excludes halogenated alkanes) is 22. The van der Waals surface area contributed by atoms with Crippen molar-refractivity contribution in [2.75, 3.05) is 13.2 Å². The molecule has 0 aliphatic carbocycles. The Hall–Kier alpha value is -2.89. The minimum Gasteiger partial charge on any atom is -0.462 e. The SMILES string of the molecule is CC/C=C\C/C=C\C/C=C\CCCCC(=O)OC(COC(=O)CCCCCCCC/C=C\C=C/CCCCC)COC(=O)CCCCCCCCCCCCCC. The monoisotopic (exact) mass is 797 g/mol. The molecule has 0 saturated carbocycles. The molecule has 57 heavy (non-hydrogen) atoms. The molecule has 328 valence electrons. The van der Waals surface area contributed by atoms with E-state index in [1.54, 1.807) is 0 Å². The Morgan fingerprint density at radius 1 is 0.386 bits per heavy atom. The Bertz CT molecular complexity index is 1050. The Morgan fingerprint density at radius 2 is 0.737 bits per heavy atom. The highest BCUT2D eigenvalue weighted by Crippen LogP contribution is 2.14. The lowest BCUT2D eigenvalue weighted by atomic mass is 10.0. The van der Waals surface area contributed by atoms with Crippen LogP contribution in [0.4, 0.5) is 0 Å². The van der Waals surface area contributed by atoms with Gasteiger partial charge in [0, 0.05) is 19.3 Å². The van der Waals surface area contributed by atoms with Crippen LogP contribution in [0.3, 0.4) is 0 Å². The summed E-state index contributed by atoms with van der Waals surface area (Å²) in [4.78, 5) is 37.8. The third-order valence-corrected chi connectivity index (χ3v) is 10.0. The van der Waals surface area contributed by atoms with Crippen LogP contribution in [0.25, 0.3) is 0 Å². The van der Waals surface area contributed by atoms with E-state index < -0.39 is 6.10 Å². The summed E-state index contributed by atoms with van der Waals surface area (Å²) < 4.78 is 16.7. The standard InChI is InChI=1S/C51H88O6/c1-4-7-10-13-16-19-22-25-26-27-30-32-35-38-41-44-50(53)56-47-48(57-51(54)45-42-39-36-33-29-24-21-18-15-12-9-6-3)46-55-49(52)43-40-37-34-31-28-23-20-17-14-11-8-5-2/h9,12,16,18-19,21-22,25,29,33,48H,4-8,10-11,13-15,17,20,23-24,26-28,30-32,34-47H2,1-3H3/b12-9-,19-16-,21-18-,25-22-,33-29-. The first-order valence-corrected chi connectivity index (χ1v) is 23.8. The Balaban J connectivity index is 4.43. The molecule has 6 nitrogen and oxygen atoms in total. The molecule has 0 aliphatic rings. The van der Waals surface area contributed by atoms with Gasteiger partial charge in [0.25, 0.3) is 0 Å². The second kappa shape index (κ2) is 45.8. The molecule has 0 N–H and O–H groups in total. The molecule has 0 aliphatic heterocycles. The first-order valence-electron chi connectivity index (χ1n) is 23.8. The van der Waals surface area contributed by atoms with Gasteiger partial charge in [0.1, 0.15) is 13.2 Å². The first kappa shape index (κ1) is 54.1. The van der Waals surface area contributed by atoms with E-state index in [4.69, 9.17) is 14.2 Å². The second-order valence-electron chi connectivity index (χ2n) is 15.7. The van der Waals surface area contributed by atoms with Crippen LogP contribution in [0.2, 0.25) is 0 Å². The van der Waals surface area contributed by atoms with Gasteiger partial charge in [-0.1, -0.05) is 191 Å². The second-order valence-corrected chi connectivity index (χ2v) is 15.7. The Morgan fingerprint density at radius 3 is 1.25 bits per heavy atom. The molecule has 0 radical (unpaired) electrons. The molecule has 0 rings (SSSR count). The van der Waals surface area contributed by atoms with Crippen LogP contribution in [0.1, 0.15) is 226 Å². The van der Waals surface area contributed by atoms with E-state index >= 15 is 0 Å². The lowest BCUT2D eigenvalue weighted by molar-refractivity contribution is -0.167. The zero-order valence-corrected chi connectivity index (χ0v) is 37.3. The van der Waals surface area contributed by atoms with Crippen molar-refractivity contribution in [2.45, 2.75) is 232 Å². The maximum absolute atomic E-state index is 12.7. The minimum absolute atomic E-state index is 0.0922. The molecule has 1 atom stereocenters. The number of carbonyl (C=O) groups excluding carboxylic acids is 3. The highest BCUT2D eigenvalue weighted by atomic mass is 16.6. The highest BCUT2D eigenvalue weighted by molar-refractivity contribution is 5.71. The van der Waals surface area contributed by atoms with Gasteiger partial charge in [-0.3, -0.25) is 14.4 Å². The molecule has 1 unspecified atom stereocenters. The van der Waals surface area contributed by atoms with Gasteiger partial charge in [-0.15, -0.1) is 0 Å². The zero-order valence-electron chi connectivity index (χ0n) is 37.3. The minimum atomic E-state index is -0.795. The van der Waals surface area contributed by atoms with Gasteiger partial charge in [0.2, 0.25) is 0 Å². The maximum atomic E-state index is 12.7. The summed E-state index contributed by atoms with van der Waals surface area (Å²) in [7, 11) is 0. The average molecular weight is 797 g/mol. The number of esters is 3. The Kier molecular flexibility index (Phi) is 43.5. The fourth-order valence-electron chi connectivity index (χ4n) is 6.45. The zero-order chi connectivity index (χ0) is 41.5. The van der Waals surface area contributed by atoms with Crippen LogP contribution in [-0.4, -0.2) is 37.2 Å². The third kappa shape index (κ3) is 44.1. The molecule has 0 heterocycles. The first-order chi connectivity index (χ1) is 28.0. The summed E-state index contributed by atoms with van der Waals surface area (Å²) in [6, 6.07) is 0. The fraction of sp³-hybridized carbons (Fsp3) is 0.745. The van der Waals surface area contributed by atoms with E-state index in [0.29, 0.717) is 19.3 Å². The van der Waals surface area contributed by atoms with Gasteiger partial charge in [-0.2, -0.15) is 0 Å². The van der Waals surface area contributed by atoms with Crippen LogP contribution in [0.5, 0.6) is 0 Å². The molecule has 0 saturated heterocycles. The largest absolute Gasteiger partial charge is 0.462 e. The maximum Gasteiger partial charge on any atom is 0.306 e. The predicted octanol–water partition coefficient (Wildman–Crippen LogP) is 15.3. The molecule has 0 amide bonds. The van der Waals surface area contributed by atoms with Gasteiger partial charge in [0.15, 0.2) is 6.10 Å². The molecule has 0 aromatic carbocycles. The quantitative estimate of drug-likeness (QED) is 0.0201. The highest BCUT2D eigenvalue weighted by Gasteiger charge is 2.19. The topological polar surface area (TPSA) is 78.9 Å². The van der Waals surface area contributed by atoms with Gasteiger partial charge < -0.3 is 14.2 Å². The normalized spacial score (nSPS) is 12.5. The molecule has 0 spiro atoms. The summed E-state index contributed by atoms with van der Waals surface area (Å²) in [5.74, 6) is -0.945. The molecule has 0 aromatic heterocycles. The van der Waals surface area contributed by atoms with E-state index in [1.807, 2.05) is 0 Å². The van der Waals surface area contributed by atoms with Crippen molar-refractivity contribution in [3.05, 3.63) is 60.8 Å². The molecular weight excluding hydrogens is 709 g/mol. The number of rotatable bonds is 42. The number of hydrogen-bond acceptors (Lipinski definition) is 6. The molecule has 0 fully saturated rings. The van der Waals surface area contributed by atoms with E-state index in [2.05, 4.69) is 81.5 Å². The summed E-state index contributed by atoms with van der Waals surface area (Å²) in [5.41, 5.74) is 0. The van der Waals surface area contributed by atoms with Gasteiger partial charge in [-0.05, 0) is 77.0 Å². The van der Waals surface area contributed by atoms with Crippen molar-refractivity contribution in [2.24, 2.45) is 0 Å². The van der Waals surface area contributed by atoms with Crippen molar-refractivity contribution < 1.29 is 28.6 Å². The van der Waals surface area contributed by atoms with E-state index in [9.17, 15) is 14.4 Å². The van der Waals surface area contributed by atoms with Crippen LogP contribution in [0, 0.1) is 0 Å². The predicted molar refractivity (Wildman–Crippen MR) is 242 cm³/mol. The van der Waals surface area contributed by atoms with Crippen molar-refractivity contribution >= 4 is 17.9 Å². The fourth-order valence-corrected chi connectivity index (χ4v) is 6.45. The number of carbonyl (C=O) groups is 3. The lowest BCUT2D eigenvalue weighted by Crippen LogP contribution is -2.30. The van der Waals surface area contributed by atoms with E-state index in [1.165, 1.54) is 103 Å². The van der Waals surface area contributed by atoms with Crippen molar-refractivity contribution in [3.63, 3.8) is 0 Å². The summed E-state index contributed by atoms with van der Waals surface area (Å²) in [6.45, 7) is 6.44. The lowest BCUT2D eigenvalue weighted by Gasteiger charge is -2.18. The molecular formula is C51H88O6. The van der Waals surface area contributed by atoms with Crippen LogP contribution in [0.15, 0.2) is 60.8 Å². The Labute approximate surface area is 351 Å². The van der Waals surface area contributed by atoms with Crippen molar-refractivity contribution in [1.29, 1.82) is 0 Å². The van der Waals surface area contributed by atoms with E-state index in [-0.39, 0.29) is 37.5 Å². The molecule has 0 aromatic rings. The van der Waals surface area contributed by atoms with Crippen molar-refractivity contribution in [3.8, 4) is 0 Å². The van der Waals surface area contributed by atoms with Crippen molar-refractivity contribution in [1.82, 2.24) is 0 Å². The number of hydrogen-bond donors (Lipinski definition) is 0. The van der Waals surface area contributed by atoms with Crippen LogP contribution >= 0.6 is 0 Å². The number of ether oxygens (including phenoxy) is 3. The molecule has 0 bridgehead atoms. The number of allylic oxidation sites excluding steroid dienone is 10. The average Bonchev–Trinajstić information content (AvgIpc) is 3.21. The smallest absolute Gasteiger partial charge is 0.306 e. The van der Waals surface area contributed by atoms with E-state index in [0.717, 1.165) is 77.0 Å². The summed E-state index contributed by atoms with van der Waals surface area (Å²) >= 11 is 0. The third-order valence-electron chi connectivity index (χ3n) is 10.0. The molecule has 6 heteroatoms. The van der Waals surface area contributed by atoms with Gasteiger partial charge >= 0.3 is 17.9 Å².